The minimum Gasteiger partial charge on any atom is -0.334 e. The molecule has 0 saturated carbocycles. The van der Waals surface area contributed by atoms with Crippen molar-refractivity contribution < 1.29 is 18.0 Å². The van der Waals surface area contributed by atoms with E-state index in [4.69, 9.17) is 11.6 Å². The van der Waals surface area contributed by atoms with Gasteiger partial charge in [0.15, 0.2) is 5.82 Å². The number of alkyl halides is 3. The van der Waals surface area contributed by atoms with Crippen molar-refractivity contribution in [1.82, 2.24) is 24.8 Å². The second kappa shape index (κ2) is 8.15. The number of likely N-dealkylation sites (tertiary alicyclic amines) is 1. The Kier molecular flexibility index (Phi) is 5.28. The van der Waals surface area contributed by atoms with Gasteiger partial charge in [0, 0.05) is 28.9 Å². The molecule has 168 valence electrons. The van der Waals surface area contributed by atoms with E-state index in [2.05, 4.69) is 19.9 Å². The maximum absolute atomic E-state index is 13.3. The van der Waals surface area contributed by atoms with Crippen LogP contribution in [0.1, 0.15) is 40.8 Å². The molecule has 1 fully saturated rings. The van der Waals surface area contributed by atoms with Crippen molar-refractivity contribution in [3.63, 3.8) is 0 Å². The number of carbonyl (C=O) groups excluding carboxylic acids is 1. The molecular formula is C23H17ClF3N5O. The fourth-order valence-corrected chi connectivity index (χ4v) is 4.18. The van der Waals surface area contributed by atoms with Crippen molar-refractivity contribution in [2.45, 2.75) is 25.1 Å². The fraction of sp³-hybridized carbons (Fsp3) is 0.217. The predicted molar refractivity (Wildman–Crippen MR) is 117 cm³/mol. The number of imidazole rings is 1. The standard InChI is InChI=1S/C23H17ClF3N5O/c24-15-6-3-13(4-7-15)20-28-10-9-17(29-20)19-2-1-11-32(19)21(33)14-5-8-16-18(12-14)31-22(30-16)23(25,26)27/h3-10,12,19H,1-2,11H2,(H,30,31)/t19-/m0/s1. The van der Waals surface area contributed by atoms with Gasteiger partial charge in [-0.2, -0.15) is 13.2 Å². The number of hydrogen-bond donors (Lipinski definition) is 1. The zero-order valence-corrected chi connectivity index (χ0v) is 17.9. The van der Waals surface area contributed by atoms with Gasteiger partial charge in [0.1, 0.15) is 0 Å². The molecule has 2 aromatic carbocycles. The molecule has 0 unspecified atom stereocenters. The number of benzene rings is 2. The molecule has 0 aliphatic carbocycles. The molecule has 0 bridgehead atoms. The normalized spacial score (nSPS) is 16.5. The Labute approximate surface area is 191 Å². The van der Waals surface area contributed by atoms with Gasteiger partial charge in [-0.3, -0.25) is 4.79 Å². The highest BCUT2D eigenvalue weighted by Gasteiger charge is 2.35. The van der Waals surface area contributed by atoms with Crippen molar-refractivity contribution in [2.75, 3.05) is 6.54 Å². The van der Waals surface area contributed by atoms with Crippen LogP contribution in [0.4, 0.5) is 13.2 Å². The molecular weight excluding hydrogens is 455 g/mol. The molecule has 0 spiro atoms. The molecule has 0 radical (unpaired) electrons. The molecule has 2 aromatic heterocycles. The molecule has 3 heterocycles. The second-order valence-corrected chi connectivity index (χ2v) is 8.22. The maximum Gasteiger partial charge on any atom is 0.449 e. The number of hydrogen-bond acceptors (Lipinski definition) is 4. The summed E-state index contributed by atoms with van der Waals surface area (Å²) in [6.07, 6.45) is -1.41. The van der Waals surface area contributed by atoms with Gasteiger partial charge in [-0.15, -0.1) is 0 Å². The Bertz CT molecular complexity index is 1340. The Hall–Kier alpha value is -3.46. The lowest BCUT2D eigenvalue weighted by molar-refractivity contribution is -0.144. The Morgan fingerprint density at radius 3 is 2.64 bits per heavy atom. The van der Waals surface area contributed by atoms with Crippen LogP contribution in [0.3, 0.4) is 0 Å². The summed E-state index contributed by atoms with van der Waals surface area (Å²) in [6, 6.07) is 13.0. The van der Waals surface area contributed by atoms with Gasteiger partial charge >= 0.3 is 6.18 Å². The van der Waals surface area contributed by atoms with E-state index in [1.54, 1.807) is 29.3 Å². The summed E-state index contributed by atoms with van der Waals surface area (Å²) in [5.74, 6) is -0.826. The van der Waals surface area contributed by atoms with E-state index < -0.39 is 12.0 Å². The van der Waals surface area contributed by atoms with Gasteiger partial charge in [0.25, 0.3) is 5.91 Å². The predicted octanol–water partition coefficient (Wildman–Crippen LogP) is 5.67. The molecule has 5 rings (SSSR count). The van der Waals surface area contributed by atoms with Crippen LogP contribution in [-0.4, -0.2) is 37.3 Å². The van der Waals surface area contributed by atoms with E-state index in [0.717, 1.165) is 18.4 Å². The van der Waals surface area contributed by atoms with Crippen LogP contribution in [0.2, 0.25) is 5.02 Å². The summed E-state index contributed by atoms with van der Waals surface area (Å²) < 4.78 is 38.9. The molecule has 1 aliphatic heterocycles. The number of aromatic amines is 1. The van der Waals surface area contributed by atoms with Crippen LogP contribution >= 0.6 is 11.6 Å². The zero-order chi connectivity index (χ0) is 23.2. The van der Waals surface area contributed by atoms with E-state index >= 15 is 0 Å². The van der Waals surface area contributed by atoms with Crippen LogP contribution in [0, 0.1) is 0 Å². The van der Waals surface area contributed by atoms with Crippen LogP contribution < -0.4 is 0 Å². The third-order valence-electron chi connectivity index (χ3n) is 5.63. The molecule has 1 saturated heterocycles. The topological polar surface area (TPSA) is 74.8 Å². The Morgan fingerprint density at radius 1 is 1.09 bits per heavy atom. The van der Waals surface area contributed by atoms with Crippen molar-refractivity contribution in [3.8, 4) is 11.4 Å². The first-order valence-electron chi connectivity index (χ1n) is 10.3. The van der Waals surface area contributed by atoms with Crippen LogP contribution in [0.5, 0.6) is 0 Å². The van der Waals surface area contributed by atoms with Gasteiger partial charge < -0.3 is 9.88 Å². The minimum absolute atomic E-state index is 0.153. The highest BCUT2D eigenvalue weighted by molar-refractivity contribution is 6.30. The molecule has 1 amide bonds. The largest absolute Gasteiger partial charge is 0.449 e. The Balaban J connectivity index is 1.43. The molecule has 6 nitrogen and oxygen atoms in total. The van der Waals surface area contributed by atoms with E-state index in [9.17, 15) is 18.0 Å². The maximum atomic E-state index is 13.3. The lowest BCUT2D eigenvalue weighted by atomic mass is 10.1. The molecule has 1 atom stereocenters. The molecule has 4 aromatic rings. The average molecular weight is 472 g/mol. The van der Waals surface area contributed by atoms with E-state index in [0.29, 0.717) is 28.6 Å². The number of amides is 1. The lowest BCUT2D eigenvalue weighted by Gasteiger charge is -2.24. The number of halogens is 4. The van der Waals surface area contributed by atoms with Gasteiger partial charge in [-0.05, 0) is 61.4 Å². The molecule has 1 aliphatic rings. The van der Waals surface area contributed by atoms with Crippen molar-refractivity contribution in [3.05, 3.63) is 76.8 Å². The summed E-state index contributed by atoms with van der Waals surface area (Å²) in [5.41, 5.74) is 2.13. The monoisotopic (exact) mass is 471 g/mol. The highest BCUT2D eigenvalue weighted by atomic mass is 35.5. The van der Waals surface area contributed by atoms with Crippen molar-refractivity contribution in [1.29, 1.82) is 0 Å². The van der Waals surface area contributed by atoms with Crippen LogP contribution in [-0.2, 0) is 6.18 Å². The SMILES string of the molecule is O=C(c1ccc2nc(C(F)(F)F)[nH]c2c1)N1CCC[C@H]1c1ccnc(-c2ccc(Cl)cc2)n1. The fourth-order valence-electron chi connectivity index (χ4n) is 4.06. The number of nitrogens with zero attached hydrogens (tertiary/aromatic N) is 4. The number of aromatic nitrogens is 4. The van der Waals surface area contributed by atoms with Gasteiger partial charge in [-0.25, -0.2) is 15.0 Å². The number of H-pyrrole nitrogens is 1. The first-order valence-corrected chi connectivity index (χ1v) is 10.6. The number of carbonyl (C=O) groups is 1. The molecule has 33 heavy (non-hydrogen) atoms. The summed E-state index contributed by atoms with van der Waals surface area (Å²) in [5, 5.41) is 0.610. The third kappa shape index (κ3) is 4.16. The number of rotatable bonds is 3. The number of nitrogens with one attached hydrogen (secondary N) is 1. The smallest absolute Gasteiger partial charge is 0.334 e. The molecule has 1 N–H and O–H groups in total. The van der Waals surface area contributed by atoms with Gasteiger partial charge in [0.05, 0.1) is 22.8 Å². The highest BCUT2D eigenvalue weighted by Crippen LogP contribution is 2.34. The van der Waals surface area contributed by atoms with Crippen LogP contribution in [0.25, 0.3) is 22.4 Å². The van der Waals surface area contributed by atoms with Gasteiger partial charge in [-0.1, -0.05) is 11.6 Å². The third-order valence-corrected chi connectivity index (χ3v) is 5.88. The second-order valence-electron chi connectivity index (χ2n) is 7.78. The number of fused-ring (bicyclic) bond motifs is 1. The Morgan fingerprint density at radius 2 is 1.88 bits per heavy atom. The quantitative estimate of drug-likeness (QED) is 0.418. The van der Waals surface area contributed by atoms with E-state index in [1.165, 1.54) is 18.2 Å². The summed E-state index contributed by atoms with van der Waals surface area (Å²) in [6.45, 7) is 0.526. The first-order chi connectivity index (χ1) is 15.8. The van der Waals surface area contributed by atoms with E-state index in [-0.39, 0.29) is 23.0 Å². The molecule has 10 heteroatoms. The minimum atomic E-state index is -4.59. The van der Waals surface area contributed by atoms with Crippen molar-refractivity contribution in [2.24, 2.45) is 0 Å². The average Bonchev–Trinajstić information content (AvgIpc) is 3.46. The summed E-state index contributed by atoms with van der Waals surface area (Å²) in [7, 11) is 0. The van der Waals surface area contributed by atoms with Gasteiger partial charge in [0.2, 0.25) is 5.82 Å². The summed E-state index contributed by atoms with van der Waals surface area (Å²) >= 11 is 5.96. The summed E-state index contributed by atoms with van der Waals surface area (Å²) in [4.78, 5) is 29.8. The zero-order valence-electron chi connectivity index (χ0n) is 17.1. The van der Waals surface area contributed by atoms with Crippen molar-refractivity contribution >= 4 is 28.5 Å². The van der Waals surface area contributed by atoms with Crippen LogP contribution in [0.15, 0.2) is 54.7 Å². The lowest BCUT2D eigenvalue weighted by Crippen LogP contribution is -2.31. The first kappa shape index (κ1) is 21.4. The van der Waals surface area contributed by atoms with E-state index in [1.807, 2.05) is 12.1 Å².